The van der Waals surface area contributed by atoms with Crippen molar-refractivity contribution in [3.63, 3.8) is 0 Å². The van der Waals surface area contributed by atoms with Crippen LogP contribution in [0.5, 0.6) is 0 Å². The average Bonchev–Trinajstić information content (AvgIpc) is 3.26. The summed E-state index contributed by atoms with van der Waals surface area (Å²) in [6, 6.07) is 8.10. The van der Waals surface area contributed by atoms with Crippen LogP contribution in [-0.2, 0) is 6.54 Å². The minimum Gasteiger partial charge on any atom is -0.337 e. The quantitative estimate of drug-likeness (QED) is 0.860. The van der Waals surface area contributed by atoms with E-state index >= 15 is 0 Å². The van der Waals surface area contributed by atoms with Gasteiger partial charge in [0.25, 0.3) is 5.91 Å². The highest BCUT2D eigenvalue weighted by Gasteiger charge is 2.42. The first-order valence-corrected chi connectivity index (χ1v) is 9.56. The van der Waals surface area contributed by atoms with Gasteiger partial charge in [0, 0.05) is 44.0 Å². The standard InChI is InChI=1S/C19H23N3OS/c23-18(17-3-1-12-24-17)22-10-2-6-19(15-22)7-11-21(14-19)13-16-4-8-20-9-5-16/h1,3-5,8-9,12H,2,6-7,10-11,13-15H2/t19-/m1/s1. The van der Waals surface area contributed by atoms with Gasteiger partial charge in [0.1, 0.15) is 0 Å². The summed E-state index contributed by atoms with van der Waals surface area (Å²) in [4.78, 5) is 22.3. The Labute approximate surface area is 147 Å². The Morgan fingerprint density at radius 1 is 1.17 bits per heavy atom. The fraction of sp³-hybridized carbons (Fsp3) is 0.474. The van der Waals surface area contributed by atoms with Crippen LogP contribution < -0.4 is 0 Å². The van der Waals surface area contributed by atoms with Gasteiger partial charge in [-0.1, -0.05) is 6.07 Å². The molecule has 2 aliphatic heterocycles. The molecule has 24 heavy (non-hydrogen) atoms. The molecule has 0 N–H and O–H groups in total. The van der Waals surface area contributed by atoms with Crippen LogP contribution in [0.1, 0.15) is 34.5 Å². The monoisotopic (exact) mass is 341 g/mol. The van der Waals surface area contributed by atoms with Gasteiger partial charge in [0.05, 0.1) is 4.88 Å². The molecule has 0 bridgehead atoms. The van der Waals surface area contributed by atoms with E-state index in [-0.39, 0.29) is 11.3 Å². The fourth-order valence-corrected chi connectivity index (χ4v) is 4.87. The first-order chi connectivity index (χ1) is 11.7. The summed E-state index contributed by atoms with van der Waals surface area (Å²) >= 11 is 1.55. The van der Waals surface area contributed by atoms with E-state index in [9.17, 15) is 4.79 Å². The molecule has 126 valence electrons. The zero-order valence-corrected chi connectivity index (χ0v) is 14.7. The number of rotatable bonds is 3. The zero-order valence-electron chi connectivity index (χ0n) is 13.9. The van der Waals surface area contributed by atoms with E-state index in [4.69, 9.17) is 0 Å². The summed E-state index contributed by atoms with van der Waals surface area (Å²) in [6.45, 7) is 5.04. The van der Waals surface area contributed by atoms with Crippen molar-refractivity contribution in [3.8, 4) is 0 Å². The van der Waals surface area contributed by atoms with Gasteiger partial charge >= 0.3 is 0 Å². The van der Waals surface area contributed by atoms with Crippen LogP contribution in [0.4, 0.5) is 0 Å². The molecule has 0 aliphatic carbocycles. The number of amides is 1. The Kier molecular flexibility index (Phi) is 4.37. The maximum absolute atomic E-state index is 12.7. The molecular formula is C19H23N3OS. The van der Waals surface area contributed by atoms with E-state index in [1.165, 1.54) is 18.4 Å². The van der Waals surface area contributed by atoms with Gasteiger partial charge < -0.3 is 4.90 Å². The molecule has 2 saturated heterocycles. The predicted molar refractivity (Wildman–Crippen MR) is 96.0 cm³/mol. The van der Waals surface area contributed by atoms with Gasteiger partial charge in [0.15, 0.2) is 0 Å². The highest BCUT2D eigenvalue weighted by atomic mass is 32.1. The van der Waals surface area contributed by atoms with E-state index in [1.807, 2.05) is 29.9 Å². The molecule has 1 spiro atoms. The number of carbonyl (C=O) groups excluding carboxylic acids is 1. The smallest absolute Gasteiger partial charge is 0.263 e. The summed E-state index contributed by atoms with van der Waals surface area (Å²) < 4.78 is 0. The molecule has 2 aromatic rings. The van der Waals surface area contributed by atoms with Crippen molar-refractivity contribution in [2.75, 3.05) is 26.2 Å². The van der Waals surface area contributed by atoms with Crippen LogP contribution >= 0.6 is 11.3 Å². The lowest BCUT2D eigenvalue weighted by Crippen LogP contribution is -2.47. The molecule has 4 heterocycles. The third-order valence-electron chi connectivity index (χ3n) is 5.35. The number of hydrogen-bond donors (Lipinski definition) is 0. The second-order valence-electron chi connectivity index (χ2n) is 7.12. The van der Waals surface area contributed by atoms with Gasteiger partial charge in [-0.2, -0.15) is 0 Å². The second-order valence-corrected chi connectivity index (χ2v) is 8.07. The van der Waals surface area contributed by atoms with Crippen LogP contribution in [0.2, 0.25) is 0 Å². The van der Waals surface area contributed by atoms with Crippen LogP contribution in [0, 0.1) is 5.41 Å². The Bertz CT molecular complexity index is 688. The molecule has 0 saturated carbocycles. The molecule has 5 heteroatoms. The molecule has 0 radical (unpaired) electrons. The van der Waals surface area contributed by atoms with E-state index in [0.29, 0.717) is 0 Å². The predicted octanol–water partition coefficient (Wildman–Crippen LogP) is 3.27. The zero-order chi connectivity index (χ0) is 16.4. The summed E-state index contributed by atoms with van der Waals surface area (Å²) in [5, 5.41) is 1.99. The van der Waals surface area contributed by atoms with Crippen molar-refractivity contribution in [2.45, 2.75) is 25.8 Å². The lowest BCUT2D eigenvalue weighted by atomic mass is 9.79. The normalized spacial score (nSPS) is 24.6. The number of carbonyl (C=O) groups is 1. The molecule has 4 nitrogen and oxygen atoms in total. The Balaban J connectivity index is 1.41. The maximum Gasteiger partial charge on any atom is 0.263 e. The van der Waals surface area contributed by atoms with Crippen molar-refractivity contribution >= 4 is 17.2 Å². The minimum absolute atomic E-state index is 0.219. The van der Waals surface area contributed by atoms with E-state index in [2.05, 4.69) is 26.9 Å². The van der Waals surface area contributed by atoms with E-state index in [0.717, 1.165) is 44.0 Å². The van der Waals surface area contributed by atoms with Crippen molar-refractivity contribution in [1.29, 1.82) is 0 Å². The molecule has 4 rings (SSSR count). The number of piperidine rings is 1. The van der Waals surface area contributed by atoms with Gasteiger partial charge in [-0.25, -0.2) is 0 Å². The average molecular weight is 341 g/mol. The molecule has 2 aliphatic rings. The minimum atomic E-state index is 0.219. The van der Waals surface area contributed by atoms with Crippen molar-refractivity contribution in [3.05, 3.63) is 52.5 Å². The van der Waals surface area contributed by atoms with Gasteiger partial charge in [0.2, 0.25) is 0 Å². The van der Waals surface area contributed by atoms with Crippen LogP contribution in [0.15, 0.2) is 42.0 Å². The Morgan fingerprint density at radius 2 is 2.04 bits per heavy atom. The number of thiophene rings is 1. The van der Waals surface area contributed by atoms with Crippen molar-refractivity contribution in [2.24, 2.45) is 5.41 Å². The summed E-state index contributed by atoms with van der Waals surface area (Å²) in [5.74, 6) is 0.219. The van der Waals surface area contributed by atoms with E-state index in [1.54, 1.807) is 11.3 Å². The third-order valence-corrected chi connectivity index (χ3v) is 6.21. The van der Waals surface area contributed by atoms with Crippen LogP contribution in [-0.4, -0.2) is 46.9 Å². The third kappa shape index (κ3) is 3.23. The molecule has 0 aromatic carbocycles. The maximum atomic E-state index is 12.7. The number of likely N-dealkylation sites (tertiary alicyclic amines) is 2. The molecular weight excluding hydrogens is 318 g/mol. The number of nitrogens with zero attached hydrogens (tertiary/aromatic N) is 3. The number of pyridine rings is 1. The summed E-state index contributed by atoms with van der Waals surface area (Å²) in [5.41, 5.74) is 1.61. The van der Waals surface area contributed by atoms with Crippen molar-refractivity contribution in [1.82, 2.24) is 14.8 Å². The Morgan fingerprint density at radius 3 is 2.83 bits per heavy atom. The number of aromatic nitrogens is 1. The van der Waals surface area contributed by atoms with Gasteiger partial charge in [-0.15, -0.1) is 11.3 Å². The van der Waals surface area contributed by atoms with Gasteiger partial charge in [-0.3, -0.25) is 14.7 Å². The summed E-state index contributed by atoms with van der Waals surface area (Å²) in [6.07, 6.45) is 7.30. The Hall–Kier alpha value is -1.72. The highest BCUT2D eigenvalue weighted by molar-refractivity contribution is 7.12. The topological polar surface area (TPSA) is 36.4 Å². The lowest BCUT2D eigenvalue weighted by Gasteiger charge is -2.40. The number of hydrogen-bond acceptors (Lipinski definition) is 4. The van der Waals surface area contributed by atoms with Crippen LogP contribution in [0.3, 0.4) is 0 Å². The first kappa shape index (κ1) is 15.8. The molecule has 0 unspecified atom stereocenters. The van der Waals surface area contributed by atoms with Crippen LogP contribution in [0.25, 0.3) is 0 Å². The lowest BCUT2D eigenvalue weighted by molar-refractivity contribution is 0.0531. The highest BCUT2D eigenvalue weighted by Crippen LogP contribution is 2.39. The molecule has 2 aromatic heterocycles. The first-order valence-electron chi connectivity index (χ1n) is 8.68. The summed E-state index contributed by atoms with van der Waals surface area (Å²) in [7, 11) is 0. The van der Waals surface area contributed by atoms with Gasteiger partial charge in [-0.05, 0) is 54.9 Å². The van der Waals surface area contributed by atoms with E-state index < -0.39 is 0 Å². The SMILES string of the molecule is O=C(c1cccs1)N1CCC[C@]2(CCN(Cc3ccncc3)C2)C1. The molecule has 1 atom stereocenters. The second kappa shape index (κ2) is 6.65. The molecule has 1 amide bonds. The largest absolute Gasteiger partial charge is 0.337 e. The van der Waals surface area contributed by atoms with Crippen molar-refractivity contribution < 1.29 is 4.79 Å². The fourth-order valence-electron chi connectivity index (χ4n) is 4.18. The molecule has 2 fully saturated rings.